The summed E-state index contributed by atoms with van der Waals surface area (Å²) in [5.41, 5.74) is 0. The second-order valence-corrected chi connectivity index (χ2v) is 4.28. The molecular formula is C12H21N. The largest absolute Gasteiger partial charge is 0.198 e. The second-order valence-electron chi connectivity index (χ2n) is 4.28. The van der Waals surface area contributed by atoms with Crippen molar-refractivity contribution in [3.63, 3.8) is 0 Å². The van der Waals surface area contributed by atoms with Gasteiger partial charge in [0.15, 0.2) is 0 Å². The van der Waals surface area contributed by atoms with Crippen LogP contribution in [0.15, 0.2) is 0 Å². The van der Waals surface area contributed by atoms with Gasteiger partial charge < -0.3 is 0 Å². The number of rotatable bonds is 1. The minimum atomic E-state index is 0.711. The lowest BCUT2D eigenvalue weighted by atomic mass is 9.90. The summed E-state index contributed by atoms with van der Waals surface area (Å²) in [6.07, 6.45) is 13.1. The van der Waals surface area contributed by atoms with E-state index >= 15 is 0 Å². The smallest absolute Gasteiger partial charge is 0.0624 e. The van der Waals surface area contributed by atoms with Crippen LogP contribution in [0.4, 0.5) is 0 Å². The van der Waals surface area contributed by atoms with Gasteiger partial charge in [-0.25, -0.2) is 0 Å². The molecule has 0 aromatic heterocycles. The first-order chi connectivity index (χ1) is 6.43. The highest BCUT2D eigenvalue weighted by atomic mass is 14.2. The average molecular weight is 179 g/mol. The fourth-order valence-electron chi connectivity index (χ4n) is 2.23. The van der Waals surface area contributed by atoms with Crippen LogP contribution < -0.4 is 0 Å². The first-order valence-corrected chi connectivity index (χ1v) is 5.80. The Hall–Kier alpha value is -0.510. The van der Waals surface area contributed by atoms with Gasteiger partial charge in [-0.05, 0) is 18.8 Å². The summed E-state index contributed by atoms with van der Waals surface area (Å²) in [4.78, 5) is 0. The van der Waals surface area contributed by atoms with Crippen molar-refractivity contribution in [2.24, 2.45) is 5.92 Å². The van der Waals surface area contributed by atoms with Crippen molar-refractivity contribution < 1.29 is 0 Å². The molecule has 13 heavy (non-hydrogen) atoms. The van der Waals surface area contributed by atoms with Gasteiger partial charge in [-0.3, -0.25) is 0 Å². The minimum absolute atomic E-state index is 0.711. The molecule has 1 aliphatic carbocycles. The SMILES string of the molecule is N#CCC1CCCCCCCCC1. The van der Waals surface area contributed by atoms with Crippen molar-refractivity contribution in [1.29, 1.82) is 5.26 Å². The van der Waals surface area contributed by atoms with Crippen LogP contribution in [0, 0.1) is 17.2 Å². The van der Waals surface area contributed by atoms with Crippen LogP contribution in [0.5, 0.6) is 0 Å². The van der Waals surface area contributed by atoms with E-state index in [2.05, 4.69) is 6.07 Å². The van der Waals surface area contributed by atoms with Crippen molar-refractivity contribution >= 4 is 0 Å². The Kier molecular flexibility index (Phi) is 5.65. The van der Waals surface area contributed by atoms with Crippen LogP contribution in [0.2, 0.25) is 0 Å². The van der Waals surface area contributed by atoms with E-state index < -0.39 is 0 Å². The first kappa shape index (κ1) is 10.6. The number of hydrogen-bond acceptors (Lipinski definition) is 1. The molecule has 0 unspecified atom stereocenters. The number of nitrogens with zero attached hydrogens (tertiary/aromatic N) is 1. The maximum absolute atomic E-state index is 8.66. The topological polar surface area (TPSA) is 23.8 Å². The van der Waals surface area contributed by atoms with Gasteiger partial charge >= 0.3 is 0 Å². The molecule has 1 rings (SSSR count). The summed E-state index contributed by atoms with van der Waals surface area (Å²) in [6.45, 7) is 0. The maximum atomic E-state index is 8.66. The summed E-state index contributed by atoms with van der Waals surface area (Å²) in [6, 6.07) is 2.32. The summed E-state index contributed by atoms with van der Waals surface area (Å²) in [5, 5.41) is 8.66. The van der Waals surface area contributed by atoms with Crippen LogP contribution in [-0.4, -0.2) is 0 Å². The number of nitriles is 1. The highest BCUT2D eigenvalue weighted by molar-refractivity contribution is 4.76. The van der Waals surface area contributed by atoms with Crippen molar-refractivity contribution in [2.45, 2.75) is 64.2 Å². The molecule has 0 amide bonds. The molecule has 0 N–H and O–H groups in total. The molecule has 1 heteroatoms. The van der Waals surface area contributed by atoms with Crippen molar-refractivity contribution in [3.05, 3.63) is 0 Å². The highest BCUT2D eigenvalue weighted by Gasteiger charge is 2.08. The van der Waals surface area contributed by atoms with E-state index in [0.717, 1.165) is 6.42 Å². The molecular weight excluding hydrogens is 158 g/mol. The van der Waals surface area contributed by atoms with Crippen LogP contribution in [-0.2, 0) is 0 Å². The standard InChI is InChI=1S/C12H21N/c13-11-10-12-8-6-4-2-1-3-5-7-9-12/h12H,1-10H2. The van der Waals surface area contributed by atoms with E-state index in [1.54, 1.807) is 0 Å². The molecule has 0 aromatic carbocycles. The van der Waals surface area contributed by atoms with Gasteiger partial charge in [-0.2, -0.15) is 5.26 Å². The molecule has 1 saturated carbocycles. The molecule has 74 valence electrons. The van der Waals surface area contributed by atoms with E-state index in [4.69, 9.17) is 5.26 Å². The molecule has 0 bridgehead atoms. The van der Waals surface area contributed by atoms with Crippen LogP contribution >= 0.6 is 0 Å². The average Bonchev–Trinajstić information content (AvgIpc) is 2.16. The Morgan fingerprint density at radius 2 is 1.31 bits per heavy atom. The van der Waals surface area contributed by atoms with Gasteiger partial charge in [0.05, 0.1) is 6.07 Å². The zero-order valence-electron chi connectivity index (χ0n) is 8.60. The molecule has 0 radical (unpaired) electrons. The lowest BCUT2D eigenvalue weighted by Crippen LogP contribution is -2.01. The van der Waals surface area contributed by atoms with Gasteiger partial charge in [-0.15, -0.1) is 0 Å². The molecule has 0 heterocycles. The van der Waals surface area contributed by atoms with E-state index in [1.807, 2.05) is 0 Å². The Labute approximate surface area is 82.1 Å². The zero-order valence-corrected chi connectivity index (χ0v) is 8.60. The monoisotopic (exact) mass is 179 g/mol. The van der Waals surface area contributed by atoms with Crippen molar-refractivity contribution in [2.75, 3.05) is 0 Å². The van der Waals surface area contributed by atoms with Crippen LogP contribution in [0.1, 0.15) is 64.2 Å². The normalized spacial score (nSPS) is 22.1. The molecule has 1 aliphatic rings. The fraction of sp³-hybridized carbons (Fsp3) is 0.917. The molecule has 0 spiro atoms. The van der Waals surface area contributed by atoms with Crippen molar-refractivity contribution in [3.8, 4) is 6.07 Å². The second kappa shape index (κ2) is 6.95. The van der Waals surface area contributed by atoms with E-state index in [9.17, 15) is 0 Å². The Balaban J connectivity index is 2.23. The summed E-state index contributed by atoms with van der Waals surface area (Å²) in [5.74, 6) is 0.711. The van der Waals surface area contributed by atoms with Gasteiger partial charge in [0.25, 0.3) is 0 Å². The van der Waals surface area contributed by atoms with Crippen LogP contribution in [0.25, 0.3) is 0 Å². The van der Waals surface area contributed by atoms with E-state index in [-0.39, 0.29) is 0 Å². The molecule has 0 atom stereocenters. The third-order valence-corrected chi connectivity index (χ3v) is 3.10. The fourth-order valence-corrected chi connectivity index (χ4v) is 2.23. The molecule has 0 saturated heterocycles. The Bertz CT molecular complexity index is 147. The van der Waals surface area contributed by atoms with Gasteiger partial charge in [0, 0.05) is 6.42 Å². The Morgan fingerprint density at radius 3 is 1.77 bits per heavy atom. The lowest BCUT2D eigenvalue weighted by molar-refractivity contribution is 0.394. The zero-order chi connectivity index (χ0) is 9.36. The molecule has 0 aromatic rings. The predicted octanol–water partition coefficient (Wildman–Crippen LogP) is 4.04. The summed E-state index contributed by atoms with van der Waals surface area (Å²) >= 11 is 0. The summed E-state index contributed by atoms with van der Waals surface area (Å²) < 4.78 is 0. The highest BCUT2D eigenvalue weighted by Crippen LogP contribution is 2.23. The quantitative estimate of drug-likeness (QED) is 0.596. The number of hydrogen-bond donors (Lipinski definition) is 0. The van der Waals surface area contributed by atoms with Gasteiger partial charge in [-0.1, -0.05) is 44.9 Å². The van der Waals surface area contributed by atoms with Crippen LogP contribution in [0.3, 0.4) is 0 Å². The van der Waals surface area contributed by atoms with Crippen molar-refractivity contribution in [1.82, 2.24) is 0 Å². The first-order valence-electron chi connectivity index (χ1n) is 5.80. The van der Waals surface area contributed by atoms with Gasteiger partial charge in [0.1, 0.15) is 0 Å². The predicted molar refractivity (Wildman–Crippen MR) is 55.3 cm³/mol. The molecule has 1 fully saturated rings. The lowest BCUT2D eigenvalue weighted by Gasteiger charge is -2.15. The molecule has 0 aliphatic heterocycles. The molecule has 1 nitrogen and oxygen atoms in total. The maximum Gasteiger partial charge on any atom is 0.0624 e. The minimum Gasteiger partial charge on any atom is -0.198 e. The van der Waals surface area contributed by atoms with E-state index in [0.29, 0.717) is 5.92 Å². The third kappa shape index (κ3) is 4.93. The third-order valence-electron chi connectivity index (χ3n) is 3.10. The van der Waals surface area contributed by atoms with Gasteiger partial charge in [0.2, 0.25) is 0 Å². The summed E-state index contributed by atoms with van der Waals surface area (Å²) in [7, 11) is 0. The Morgan fingerprint density at radius 1 is 0.846 bits per heavy atom. The van der Waals surface area contributed by atoms with E-state index in [1.165, 1.54) is 57.8 Å².